The van der Waals surface area contributed by atoms with Crippen molar-refractivity contribution in [1.82, 2.24) is 14.8 Å². The van der Waals surface area contributed by atoms with E-state index >= 15 is 0 Å². The van der Waals surface area contributed by atoms with E-state index in [1.165, 1.54) is 35.1 Å². The van der Waals surface area contributed by atoms with Gasteiger partial charge in [-0.15, -0.1) is 11.3 Å². The Labute approximate surface area is 120 Å². The molecular formula is C13H23N3S2. The lowest BCUT2D eigenvalue weighted by molar-refractivity contribution is 0.148. The number of aromatic nitrogens is 1. The summed E-state index contributed by atoms with van der Waals surface area (Å²) >= 11 is 6.27. The van der Waals surface area contributed by atoms with E-state index in [4.69, 9.17) is 4.98 Å². The van der Waals surface area contributed by atoms with E-state index in [0.29, 0.717) is 0 Å². The third-order valence-corrected chi connectivity index (χ3v) is 5.02. The second kappa shape index (κ2) is 6.89. The van der Waals surface area contributed by atoms with Gasteiger partial charge < -0.3 is 4.90 Å². The third-order valence-electron chi connectivity index (χ3n) is 3.41. The molecule has 1 fully saturated rings. The largest absolute Gasteiger partial charge is 0.304 e. The van der Waals surface area contributed by atoms with Crippen molar-refractivity contribution in [2.45, 2.75) is 32.1 Å². The molecule has 0 saturated carbocycles. The Kier molecular flexibility index (Phi) is 5.48. The normalized spacial score (nSPS) is 18.4. The molecule has 1 saturated heterocycles. The molecule has 0 unspecified atom stereocenters. The number of likely N-dealkylation sites (N-methyl/N-ethyl adjacent to an activating group) is 1. The number of thiol groups is 1. The molecule has 1 aliphatic heterocycles. The van der Waals surface area contributed by atoms with Crippen LogP contribution in [-0.4, -0.2) is 48.0 Å². The van der Waals surface area contributed by atoms with Gasteiger partial charge in [0.1, 0.15) is 5.01 Å². The van der Waals surface area contributed by atoms with Crippen molar-refractivity contribution < 1.29 is 0 Å². The Morgan fingerprint density at radius 1 is 1.28 bits per heavy atom. The number of hydrogen-bond donors (Lipinski definition) is 1. The zero-order valence-corrected chi connectivity index (χ0v) is 13.1. The summed E-state index contributed by atoms with van der Waals surface area (Å²) in [6.45, 7) is 7.90. The van der Waals surface area contributed by atoms with Gasteiger partial charge >= 0.3 is 0 Å². The van der Waals surface area contributed by atoms with Gasteiger partial charge in [-0.2, -0.15) is 12.6 Å². The molecule has 2 rings (SSSR count). The van der Waals surface area contributed by atoms with Gasteiger partial charge in [0.05, 0.1) is 12.2 Å². The van der Waals surface area contributed by atoms with Gasteiger partial charge in [0.25, 0.3) is 0 Å². The first-order chi connectivity index (χ1) is 8.72. The third kappa shape index (κ3) is 3.70. The molecule has 0 radical (unpaired) electrons. The van der Waals surface area contributed by atoms with Crippen LogP contribution in [0.1, 0.15) is 28.9 Å². The van der Waals surface area contributed by atoms with Crippen LogP contribution in [0.15, 0.2) is 0 Å². The monoisotopic (exact) mass is 285 g/mol. The highest BCUT2D eigenvalue weighted by molar-refractivity contribution is 7.79. The van der Waals surface area contributed by atoms with Crippen LogP contribution in [0.4, 0.5) is 0 Å². The highest BCUT2D eigenvalue weighted by atomic mass is 32.1. The first-order valence-electron chi connectivity index (χ1n) is 6.72. The maximum absolute atomic E-state index is 4.80. The topological polar surface area (TPSA) is 19.4 Å². The van der Waals surface area contributed by atoms with E-state index in [9.17, 15) is 0 Å². The Morgan fingerprint density at radius 2 is 2.00 bits per heavy atom. The number of hydrogen-bond acceptors (Lipinski definition) is 5. The molecule has 0 aromatic carbocycles. The van der Waals surface area contributed by atoms with Crippen molar-refractivity contribution >= 4 is 24.0 Å². The number of thiazole rings is 1. The molecule has 3 nitrogen and oxygen atoms in total. The summed E-state index contributed by atoms with van der Waals surface area (Å²) in [5, 5.41) is 1.27. The number of nitrogens with zero attached hydrogens (tertiary/aromatic N) is 3. The lowest BCUT2D eigenvalue weighted by Gasteiger charge is -2.31. The van der Waals surface area contributed by atoms with Crippen molar-refractivity contribution in [3.8, 4) is 0 Å². The average molecular weight is 285 g/mol. The van der Waals surface area contributed by atoms with Gasteiger partial charge in [-0.05, 0) is 13.5 Å². The fourth-order valence-corrected chi connectivity index (χ4v) is 3.65. The van der Waals surface area contributed by atoms with Gasteiger partial charge in [0, 0.05) is 36.8 Å². The van der Waals surface area contributed by atoms with Crippen LogP contribution < -0.4 is 0 Å². The van der Waals surface area contributed by atoms with Crippen molar-refractivity contribution in [2.75, 3.05) is 33.2 Å². The molecule has 0 spiro atoms. The molecule has 0 N–H and O–H groups in total. The quantitative estimate of drug-likeness (QED) is 0.838. The predicted molar refractivity (Wildman–Crippen MR) is 81.6 cm³/mol. The molecule has 0 amide bonds. The minimum absolute atomic E-state index is 0.829. The van der Waals surface area contributed by atoms with Crippen LogP contribution in [0, 0.1) is 0 Å². The predicted octanol–water partition coefficient (Wildman–Crippen LogP) is 2.27. The Balaban J connectivity index is 1.96. The first-order valence-corrected chi connectivity index (χ1v) is 8.17. The zero-order valence-electron chi connectivity index (χ0n) is 11.4. The van der Waals surface area contributed by atoms with Gasteiger partial charge in [0.15, 0.2) is 0 Å². The van der Waals surface area contributed by atoms with Crippen molar-refractivity contribution in [3.63, 3.8) is 0 Å². The SMILES string of the molecule is CCCc1nc(CN2CCN(C)CC2)sc1CS. The Hall–Kier alpha value is -0.100. The van der Waals surface area contributed by atoms with Crippen LogP contribution >= 0.6 is 24.0 Å². The molecule has 0 aliphatic carbocycles. The maximum Gasteiger partial charge on any atom is 0.107 e. The van der Waals surface area contributed by atoms with Gasteiger partial charge in [-0.1, -0.05) is 13.3 Å². The van der Waals surface area contributed by atoms with Crippen LogP contribution in [-0.2, 0) is 18.7 Å². The summed E-state index contributed by atoms with van der Waals surface area (Å²) < 4.78 is 0. The van der Waals surface area contributed by atoms with E-state index in [0.717, 1.165) is 31.8 Å². The fraction of sp³-hybridized carbons (Fsp3) is 0.769. The molecule has 18 heavy (non-hydrogen) atoms. The fourth-order valence-electron chi connectivity index (χ4n) is 2.26. The average Bonchev–Trinajstić information content (AvgIpc) is 2.75. The van der Waals surface area contributed by atoms with E-state index in [1.54, 1.807) is 0 Å². The Morgan fingerprint density at radius 3 is 2.61 bits per heavy atom. The number of piperazine rings is 1. The zero-order chi connectivity index (χ0) is 13.0. The highest BCUT2D eigenvalue weighted by Gasteiger charge is 2.16. The standard InChI is InChI=1S/C13H23N3S2/c1-3-4-11-12(10-17)18-13(14-11)9-16-7-5-15(2)6-8-16/h17H,3-10H2,1-2H3. The summed E-state index contributed by atoms with van der Waals surface area (Å²) in [4.78, 5) is 11.1. The lowest BCUT2D eigenvalue weighted by atomic mass is 10.2. The van der Waals surface area contributed by atoms with Crippen LogP contribution in [0.3, 0.4) is 0 Å². The Bertz CT molecular complexity index is 370. The minimum atomic E-state index is 0.829. The highest BCUT2D eigenvalue weighted by Crippen LogP contribution is 2.23. The van der Waals surface area contributed by atoms with Crippen molar-refractivity contribution in [2.24, 2.45) is 0 Å². The van der Waals surface area contributed by atoms with E-state index < -0.39 is 0 Å². The molecule has 0 atom stereocenters. The molecule has 1 aliphatic rings. The summed E-state index contributed by atoms with van der Waals surface area (Å²) in [7, 11) is 2.19. The number of rotatable bonds is 5. The lowest BCUT2D eigenvalue weighted by Crippen LogP contribution is -2.43. The molecule has 1 aromatic heterocycles. The van der Waals surface area contributed by atoms with E-state index in [-0.39, 0.29) is 0 Å². The van der Waals surface area contributed by atoms with Crippen molar-refractivity contribution in [1.29, 1.82) is 0 Å². The molecule has 0 bridgehead atoms. The van der Waals surface area contributed by atoms with Crippen LogP contribution in [0.25, 0.3) is 0 Å². The van der Waals surface area contributed by atoms with Gasteiger partial charge in [-0.25, -0.2) is 4.98 Å². The van der Waals surface area contributed by atoms with Gasteiger partial charge in [0.2, 0.25) is 0 Å². The molecule has 102 valence electrons. The van der Waals surface area contributed by atoms with Crippen molar-refractivity contribution in [3.05, 3.63) is 15.6 Å². The van der Waals surface area contributed by atoms with Crippen LogP contribution in [0.5, 0.6) is 0 Å². The number of aryl methyl sites for hydroxylation is 1. The molecular weight excluding hydrogens is 262 g/mol. The summed E-state index contributed by atoms with van der Waals surface area (Å²) in [6.07, 6.45) is 2.26. The summed E-state index contributed by atoms with van der Waals surface area (Å²) in [5.41, 5.74) is 1.28. The summed E-state index contributed by atoms with van der Waals surface area (Å²) in [6, 6.07) is 0. The van der Waals surface area contributed by atoms with Crippen LogP contribution in [0.2, 0.25) is 0 Å². The van der Waals surface area contributed by atoms with E-state index in [1.807, 2.05) is 11.3 Å². The summed E-state index contributed by atoms with van der Waals surface area (Å²) in [5.74, 6) is 0.829. The van der Waals surface area contributed by atoms with Gasteiger partial charge in [-0.3, -0.25) is 4.90 Å². The molecule has 2 heterocycles. The second-order valence-corrected chi connectivity index (χ2v) is 6.45. The van der Waals surface area contributed by atoms with E-state index in [2.05, 4.69) is 36.4 Å². The molecule has 5 heteroatoms. The smallest absolute Gasteiger partial charge is 0.107 e. The minimum Gasteiger partial charge on any atom is -0.304 e. The maximum atomic E-state index is 4.80. The second-order valence-electron chi connectivity index (χ2n) is 4.97. The molecule has 1 aromatic rings. The first kappa shape index (κ1) is 14.3.